The highest BCUT2D eigenvalue weighted by molar-refractivity contribution is 6.30. The van der Waals surface area contributed by atoms with Crippen molar-refractivity contribution in [3.8, 4) is 0 Å². The van der Waals surface area contributed by atoms with Crippen molar-refractivity contribution in [2.45, 2.75) is 58.1 Å². The van der Waals surface area contributed by atoms with Gasteiger partial charge in [0.25, 0.3) is 5.79 Å². The zero-order chi connectivity index (χ0) is 29.4. The summed E-state index contributed by atoms with van der Waals surface area (Å²) in [5.74, 6) is 0.580. The van der Waals surface area contributed by atoms with E-state index in [-0.39, 0.29) is 17.6 Å². The summed E-state index contributed by atoms with van der Waals surface area (Å²) < 4.78 is 20.6. The molecular formula is C32H35ClN4O5. The second-order valence-corrected chi connectivity index (χ2v) is 11.6. The van der Waals surface area contributed by atoms with E-state index in [1.54, 1.807) is 30.5 Å². The number of hydrogen-bond acceptors (Lipinski definition) is 7. The standard InChI is InChI=1S/C32H35ClN4O5/c1-4-24(30-27(5-2)41-32(3,42-30)28-9-7-22(33)17-34-28)20-10-13-36(14-11-20)19-29-35-25-8-6-21(31(38)39)16-26(25)37(29)18-23-12-15-40-23/h4-9,16-17,20,23H,1,10-15,18-19H2,2-3H3,(H,38,39)/b27-5+,30-24-. The molecule has 9 nitrogen and oxygen atoms in total. The number of carboxylic acids is 1. The van der Waals surface area contributed by atoms with Gasteiger partial charge in [-0.25, -0.2) is 9.78 Å². The third-order valence-electron chi connectivity index (χ3n) is 8.41. The number of benzene rings is 1. The third-order valence-corrected chi connectivity index (χ3v) is 8.63. The minimum absolute atomic E-state index is 0.130. The van der Waals surface area contributed by atoms with Gasteiger partial charge in [-0.05, 0) is 81.6 Å². The second-order valence-electron chi connectivity index (χ2n) is 11.1. The van der Waals surface area contributed by atoms with Crippen LogP contribution in [0.3, 0.4) is 0 Å². The number of carboxylic acid groups (broad SMARTS) is 1. The number of carbonyl (C=O) groups is 1. The highest BCUT2D eigenvalue weighted by Gasteiger charge is 2.43. The molecule has 0 radical (unpaired) electrons. The van der Waals surface area contributed by atoms with Crippen LogP contribution in [0.15, 0.2) is 72.4 Å². The first-order valence-corrected chi connectivity index (χ1v) is 14.8. The molecule has 10 heteroatoms. The maximum atomic E-state index is 11.6. The van der Waals surface area contributed by atoms with Gasteiger partial charge in [0.2, 0.25) is 0 Å². The highest BCUT2D eigenvalue weighted by atomic mass is 35.5. The molecule has 6 rings (SSSR count). The van der Waals surface area contributed by atoms with Crippen molar-refractivity contribution in [3.63, 3.8) is 0 Å². The maximum absolute atomic E-state index is 11.6. The molecule has 3 aliphatic rings. The van der Waals surface area contributed by atoms with E-state index in [4.69, 9.17) is 30.8 Å². The number of aromatic carboxylic acids is 1. The summed E-state index contributed by atoms with van der Waals surface area (Å²) in [6.07, 6.45) is 8.38. The number of fused-ring (bicyclic) bond motifs is 1. The first-order valence-electron chi connectivity index (χ1n) is 14.4. The number of nitrogens with zero attached hydrogens (tertiary/aromatic N) is 4. The Balaban J connectivity index is 1.19. The summed E-state index contributed by atoms with van der Waals surface area (Å²) in [5, 5.41) is 10.1. The average molecular weight is 591 g/mol. The number of halogens is 1. The molecule has 0 bridgehead atoms. The zero-order valence-electron chi connectivity index (χ0n) is 23.9. The van der Waals surface area contributed by atoms with Crippen molar-refractivity contribution in [2.75, 3.05) is 19.7 Å². The Morgan fingerprint density at radius 2 is 2.00 bits per heavy atom. The van der Waals surface area contributed by atoms with E-state index in [1.807, 2.05) is 32.1 Å². The molecule has 220 valence electrons. The molecule has 0 saturated carbocycles. The molecule has 2 atom stereocenters. The van der Waals surface area contributed by atoms with E-state index in [2.05, 4.69) is 21.0 Å². The SMILES string of the molecule is C=C/C(=C1/OC(C)(c2ccc(Cl)cn2)O/C1=C/C)C1CCN(Cc2nc3ccc(C(=O)O)cc3n2CC2CCO2)CC1. The molecule has 5 heterocycles. The summed E-state index contributed by atoms with van der Waals surface area (Å²) in [6.45, 7) is 11.8. The molecule has 2 aromatic heterocycles. The predicted molar refractivity (Wildman–Crippen MR) is 159 cm³/mol. The Morgan fingerprint density at radius 1 is 1.21 bits per heavy atom. The predicted octanol–water partition coefficient (Wildman–Crippen LogP) is 6.05. The van der Waals surface area contributed by atoms with Crippen LogP contribution in [-0.4, -0.2) is 56.3 Å². The summed E-state index contributed by atoms with van der Waals surface area (Å²) in [4.78, 5) is 23.4. The molecule has 0 amide bonds. The Kier molecular flexibility index (Phi) is 7.83. The van der Waals surface area contributed by atoms with Crippen LogP contribution in [0.4, 0.5) is 0 Å². The number of hydrogen-bond donors (Lipinski definition) is 1. The van der Waals surface area contributed by atoms with E-state index < -0.39 is 11.8 Å². The van der Waals surface area contributed by atoms with Gasteiger partial charge in [0, 0.05) is 25.3 Å². The number of piperidine rings is 1. The number of allylic oxidation sites excluding steroid dienone is 3. The van der Waals surface area contributed by atoms with Crippen LogP contribution in [0.25, 0.3) is 11.0 Å². The fourth-order valence-corrected chi connectivity index (χ4v) is 6.08. The van der Waals surface area contributed by atoms with Gasteiger partial charge < -0.3 is 23.9 Å². The highest BCUT2D eigenvalue weighted by Crippen LogP contribution is 2.44. The van der Waals surface area contributed by atoms with E-state index in [9.17, 15) is 9.90 Å². The van der Waals surface area contributed by atoms with Crippen molar-refractivity contribution in [3.05, 3.63) is 94.5 Å². The van der Waals surface area contributed by atoms with Crippen molar-refractivity contribution in [2.24, 2.45) is 5.92 Å². The lowest BCUT2D eigenvalue weighted by Gasteiger charge is -2.33. The molecule has 1 N–H and O–H groups in total. The minimum atomic E-state index is -1.06. The summed E-state index contributed by atoms with van der Waals surface area (Å²) >= 11 is 6.05. The maximum Gasteiger partial charge on any atom is 0.335 e. The van der Waals surface area contributed by atoms with Crippen LogP contribution in [0.5, 0.6) is 0 Å². The average Bonchev–Trinajstić information content (AvgIpc) is 3.49. The third kappa shape index (κ3) is 5.44. The number of rotatable bonds is 8. The Bertz CT molecular complexity index is 1570. The summed E-state index contributed by atoms with van der Waals surface area (Å²) in [5.41, 5.74) is 3.58. The van der Waals surface area contributed by atoms with Gasteiger partial charge in [0.1, 0.15) is 11.5 Å². The van der Waals surface area contributed by atoms with Gasteiger partial charge in [0.05, 0.1) is 40.8 Å². The number of aromatic nitrogens is 3. The lowest BCUT2D eigenvalue weighted by molar-refractivity contribution is -0.132. The van der Waals surface area contributed by atoms with Gasteiger partial charge in [-0.15, -0.1) is 0 Å². The van der Waals surface area contributed by atoms with Crippen molar-refractivity contribution < 1.29 is 24.1 Å². The van der Waals surface area contributed by atoms with Crippen molar-refractivity contribution in [1.82, 2.24) is 19.4 Å². The summed E-state index contributed by atoms with van der Waals surface area (Å²) in [7, 11) is 0. The number of pyridine rings is 1. The molecular weight excluding hydrogens is 556 g/mol. The fourth-order valence-electron chi connectivity index (χ4n) is 5.97. The minimum Gasteiger partial charge on any atom is -0.478 e. The van der Waals surface area contributed by atoms with E-state index in [0.29, 0.717) is 35.3 Å². The lowest BCUT2D eigenvalue weighted by atomic mass is 9.88. The summed E-state index contributed by atoms with van der Waals surface area (Å²) in [6, 6.07) is 8.73. The first kappa shape index (κ1) is 28.5. The largest absolute Gasteiger partial charge is 0.478 e. The van der Waals surface area contributed by atoms with Gasteiger partial charge in [-0.1, -0.05) is 24.3 Å². The quantitative estimate of drug-likeness (QED) is 0.339. The van der Waals surface area contributed by atoms with Gasteiger partial charge >= 0.3 is 5.97 Å². The Hall–Kier alpha value is -3.66. The Morgan fingerprint density at radius 3 is 2.62 bits per heavy atom. The van der Waals surface area contributed by atoms with Crippen LogP contribution in [0.2, 0.25) is 5.02 Å². The van der Waals surface area contributed by atoms with Gasteiger partial charge in [-0.2, -0.15) is 0 Å². The molecule has 42 heavy (non-hydrogen) atoms. The van der Waals surface area contributed by atoms with Gasteiger partial charge in [0.15, 0.2) is 11.5 Å². The van der Waals surface area contributed by atoms with Crippen LogP contribution in [0, 0.1) is 5.92 Å². The van der Waals surface area contributed by atoms with E-state index >= 15 is 0 Å². The number of likely N-dealkylation sites (tertiary alicyclic amines) is 1. The first-order chi connectivity index (χ1) is 20.3. The molecule has 3 fully saturated rings. The number of ether oxygens (including phenoxy) is 3. The van der Waals surface area contributed by atoms with Crippen LogP contribution >= 0.6 is 11.6 Å². The lowest BCUT2D eigenvalue weighted by Crippen LogP contribution is -2.36. The molecule has 3 saturated heterocycles. The molecule has 0 spiro atoms. The second kappa shape index (κ2) is 11.6. The normalized spacial score (nSPS) is 25.2. The fraction of sp³-hybridized carbons (Fsp3) is 0.406. The molecule has 3 aromatic rings. The van der Waals surface area contributed by atoms with E-state index in [0.717, 1.165) is 61.4 Å². The van der Waals surface area contributed by atoms with Crippen LogP contribution in [-0.2, 0) is 33.1 Å². The van der Waals surface area contributed by atoms with Gasteiger partial charge in [-0.3, -0.25) is 9.88 Å². The van der Waals surface area contributed by atoms with E-state index in [1.165, 1.54) is 0 Å². The van der Waals surface area contributed by atoms with Crippen LogP contribution in [0.1, 0.15) is 55.0 Å². The smallest absolute Gasteiger partial charge is 0.335 e. The van der Waals surface area contributed by atoms with Crippen molar-refractivity contribution >= 4 is 28.6 Å². The Labute approximate surface area is 250 Å². The molecule has 0 aliphatic carbocycles. The molecule has 3 aliphatic heterocycles. The molecule has 2 unspecified atom stereocenters. The zero-order valence-corrected chi connectivity index (χ0v) is 24.6. The van der Waals surface area contributed by atoms with Crippen molar-refractivity contribution in [1.29, 1.82) is 0 Å². The molecule has 1 aromatic carbocycles. The topological polar surface area (TPSA) is 98.9 Å². The number of imidazole rings is 1. The monoisotopic (exact) mass is 590 g/mol. The van der Waals surface area contributed by atoms with Crippen LogP contribution < -0.4 is 0 Å².